The molecule has 0 aliphatic heterocycles. The van der Waals surface area contributed by atoms with Gasteiger partial charge >= 0.3 is 0 Å². The van der Waals surface area contributed by atoms with Crippen molar-refractivity contribution >= 4 is 0 Å². The molecule has 78 valence electrons. The summed E-state index contributed by atoms with van der Waals surface area (Å²) in [7, 11) is 1.49. The van der Waals surface area contributed by atoms with Crippen LogP contribution in [0.4, 0.5) is 0 Å². The van der Waals surface area contributed by atoms with Crippen LogP contribution in [-0.4, -0.2) is 35.4 Å². The van der Waals surface area contributed by atoms with Crippen molar-refractivity contribution in [3.8, 4) is 5.88 Å². The number of rotatable bonds is 5. The molecule has 0 saturated carbocycles. The first kappa shape index (κ1) is 10.9. The summed E-state index contributed by atoms with van der Waals surface area (Å²) in [6.07, 6.45) is 2.22. The molecule has 1 aromatic rings. The van der Waals surface area contributed by atoms with Crippen LogP contribution in [0.3, 0.4) is 0 Å². The van der Waals surface area contributed by atoms with Crippen molar-refractivity contribution in [3.05, 3.63) is 18.1 Å². The number of hydrogen-bond acceptors (Lipinski definition) is 5. The third-order valence-electron chi connectivity index (χ3n) is 1.68. The van der Waals surface area contributed by atoms with E-state index in [2.05, 4.69) is 9.97 Å². The lowest BCUT2D eigenvalue weighted by Crippen LogP contribution is -2.11. The van der Waals surface area contributed by atoms with Crippen LogP contribution in [0.2, 0.25) is 0 Å². The molecule has 5 nitrogen and oxygen atoms in total. The van der Waals surface area contributed by atoms with Gasteiger partial charge in [0.15, 0.2) is 0 Å². The fourth-order valence-electron chi connectivity index (χ4n) is 1.03. The number of aromatic nitrogens is 2. The van der Waals surface area contributed by atoms with Crippen molar-refractivity contribution in [2.75, 3.05) is 20.3 Å². The van der Waals surface area contributed by atoms with Crippen LogP contribution in [0.1, 0.15) is 18.7 Å². The summed E-state index contributed by atoms with van der Waals surface area (Å²) in [5.41, 5.74) is 0.406. The highest BCUT2D eigenvalue weighted by Crippen LogP contribution is 2.19. The molecule has 1 unspecified atom stereocenters. The van der Waals surface area contributed by atoms with Gasteiger partial charge in [0.25, 0.3) is 0 Å². The second-order valence-electron chi connectivity index (χ2n) is 2.63. The average Bonchev–Trinajstić information content (AvgIpc) is 2.25. The van der Waals surface area contributed by atoms with Crippen molar-refractivity contribution in [2.24, 2.45) is 0 Å². The molecule has 5 heteroatoms. The van der Waals surface area contributed by atoms with E-state index in [0.717, 1.165) is 0 Å². The van der Waals surface area contributed by atoms with Crippen LogP contribution in [0.25, 0.3) is 0 Å². The molecular weight excluding hydrogens is 184 g/mol. The second kappa shape index (κ2) is 5.51. The molecule has 0 fully saturated rings. The number of nitrogens with zero attached hydrogens (tertiary/aromatic N) is 2. The van der Waals surface area contributed by atoms with Crippen LogP contribution in [0, 0.1) is 0 Å². The van der Waals surface area contributed by atoms with Gasteiger partial charge in [-0.1, -0.05) is 0 Å². The van der Waals surface area contributed by atoms with E-state index in [4.69, 9.17) is 9.47 Å². The highest BCUT2D eigenvalue weighted by atomic mass is 16.5. The Hall–Kier alpha value is -1.20. The van der Waals surface area contributed by atoms with Crippen molar-refractivity contribution in [2.45, 2.75) is 13.0 Å². The maximum atomic E-state index is 9.66. The van der Waals surface area contributed by atoms with Crippen molar-refractivity contribution in [1.82, 2.24) is 9.97 Å². The van der Waals surface area contributed by atoms with Gasteiger partial charge in [-0.05, 0) is 6.92 Å². The van der Waals surface area contributed by atoms with Crippen LogP contribution in [-0.2, 0) is 4.74 Å². The molecule has 0 aliphatic carbocycles. The molecule has 0 bridgehead atoms. The van der Waals surface area contributed by atoms with E-state index in [1.807, 2.05) is 6.92 Å². The Morgan fingerprint density at radius 2 is 2.14 bits per heavy atom. The lowest BCUT2D eigenvalue weighted by atomic mass is 10.2. The van der Waals surface area contributed by atoms with Gasteiger partial charge in [-0.3, -0.25) is 4.98 Å². The van der Waals surface area contributed by atoms with Crippen LogP contribution < -0.4 is 4.74 Å². The van der Waals surface area contributed by atoms with E-state index in [-0.39, 0.29) is 6.61 Å². The molecule has 0 radical (unpaired) electrons. The molecule has 14 heavy (non-hydrogen) atoms. The van der Waals surface area contributed by atoms with Crippen LogP contribution >= 0.6 is 0 Å². The van der Waals surface area contributed by atoms with E-state index in [1.165, 1.54) is 19.5 Å². The fourth-order valence-corrected chi connectivity index (χ4v) is 1.03. The van der Waals surface area contributed by atoms with Gasteiger partial charge in [0.05, 0.1) is 13.7 Å². The molecule has 0 aliphatic rings. The Morgan fingerprint density at radius 1 is 1.43 bits per heavy atom. The fraction of sp³-hybridized carbons (Fsp3) is 0.556. The third-order valence-corrected chi connectivity index (χ3v) is 1.68. The molecule has 0 amide bonds. The van der Waals surface area contributed by atoms with Crippen LogP contribution in [0.5, 0.6) is 5.88 Å². The molecule has 1 rings (SSSR count). The van der Waals surface area contributed by atoms with Gasteiger partial charge in [0.1, 0.15) is 11.8 Å². The topological polar surface area (TPSA) is 64.5 Å². The van der Waals surface area contributed by atoms with Gasteiger partial charge < -0.3 is 14.6 Å². The Morgan fingerprint density at radius 3 is 2.79 bits per heavy atom. The third kappa shape index (κ3) is 2.65. The maximum absolute atomic E-state index is 9.66. The monoisotopic (exact) mass is 198 g/mol. The largest absolute Gasteiger partial charge is 0.480 e. The Kier molecular flexibility index (Phi) is 4.28. The predicted octanol–water partition coefficient (Wildman–Crippen LogP) is 0.555. The quantitative estimate of drug-likeness (QED) is 0.748. The maximum Gasteiger partial charge on any atom is 0.238 e. The number of hydrogen-bond donors (Lipinski definition) is 1. The average molecular weight is 198 g/mol. The number of ether oxygens (including phenoxy) is 2. The first-order valence-corrected chi connectivity index (χ1v) is 4.40. The van der Waals surface area contributed by atoms with Gasteiger partial charge in [-0.25, -0.2) is 4.98 Å². The van der Waals surface area contributed by atoms with E-state index < -0.39 is 6.10 Å². The lowest BCUT2D eigenvalue weighted by Gasteiger charge is -2.11. The lowest BCUT2D eigenvalue weighted by molar-refractivity contribution is 0.0380. The Labute approximate surface area is 82.7 Å². The van der Waals surface area contributed by atoms with E-state index >= 15 is 0 Å². The molecule has 1 N–H and O–H groups in total. The summed E-state index contributed by atoms with van der Waals surface area (Å²) in [6, 6.07) is 0. The van der Waals surface area contributed by atoms with E-state index in [9.17, 15) is 5.11 Å². The Bertz CT molecular complexity index is 281. The SMILES string of the molecule is CCOCC(O)c1nccnc1OC. The molecular formula is C9H14N2O3. The molecule has 1 aromatic heterocycles. The Balaban J connectivity index is 2.72. The summed E-state index contributed by atoms with van der Waals surface area (Å²) in [5, 5.41) is 9.66. The summed E-state index contributed by atoms with van der Waals surface area (Å²) < 4.78 is 10.0. The number of aliphatic hydroxyl groups is 1. The second-order valence-corrected chi connectivity index (χ2v) is 2.63. The van der Waals surface area contributed by atoms with Gasteiger partial charge in [-0.2, -0.15) is 0 Å². The minimum absolute atomic E-state index is 0.200. The minimum atomic E-state index is -0.793. The zero-order chi connectivity index (χ0) is 10.4. The summed E-state index contributed by atoms with van der Waals surface area (Å²) in [6.45, 7) is 2.62. The predicted molar refractivity (Wildman–Crippen MR) is 50.0 cm³/mol. The zero-order valence-corrected chi connectivity index (χ0v) is 8.30. The molecule has 0 spiro atoms. The van der Waals surface area contributed by atoms with E-state index in [1.54, 1.807) is 0 Å². The highest BCUT2D eigenvalue weighted by molar-refractivity contribution is 5.19. The number of methoxy groups -OCH3 is 1. The zero-order valence-electron chi connectivity index (χ0n) is 8.30. The molecule has 1 atom stereocenters. The number of aliphatic hydroxyl groups excluding tert-OH is 1. The summed E-state index contributed by atoms with van der Waals surface area (Å²) >= 11 is 0. The van der Waals surface area contributed by atoms with Gasteiger partial charge in [0.2, 0.25) is 5.88 Å². The van der Waals surface area contributed by atoms with Crippen molar-refractivity contribution in [1.29, 1.82) is 0 Å². The molecule has 0 saturated heterocycles. The smallest absolute Gasteiger partial charge is 0.238 e. The molecule has 0 aromatic carbocycles. The van der Waals surface area contributed by atoms with Crippen LogP contribution in [0.15, 0.2) is 12.4 Å². The standard InChI is InChI=1S/C9H14N2O3/c1-3-14-6-7(12)8-9(13-2)11-5-4-10-8/h4-5,7,12H,3,6H2,1-2H3. The van der Waals surface area contributed by atoms with Gasteiger partial charge in [0, 0.05) is 19.0 Å². The minimum Gasteiger partial charge on any atom is -0.480 e. The summed E-state index contributed by atoms with van der Waals surface area (Å²) in [4.78, 5) is 7.91. The summed E-state index contributed by atoms with van der Waals surface area (Å²) in [5.74, 6) is 0.333. The van der Waals surface area contributed by atoms with Crippen molar-refractivity contribution < 1.29 is 14.6 Å². The van der Waals surface area contributed by atoms with Gasteiger partial charge in [-0.15, -0.1) is 0 Å². The van der Waals surface area contributed by atoms with E-state index in [0.29, 0.717) is 18.2 Å². The first-order chi connectivity index (χ1) is 6.79. The molecule has 1 heterocycles. The van der Waals surface area contributed by atoms with Crippen molar-refractivity contribution in [3.63, 3.8) is 0 Å². The first-order valence-electron chi connectivity index (χ1n) is 4.40. The normalized spacial score (nSPS) is 12.5. The highest BCUT2D eigenvalue weighted by Gasteiger charge is 2.15.